The molecule has 32 heavy (non-hydrogen) atoms. The van der Waals surface area contributed by atoms with Gasteiger partial charge < -0.3 is 5.32 Å². The van der Waals surface area contributed by atoms with Gasteiger partial charge in [-0.25, -0.2) is 8.42 Å². The van der Waals surface area contributed by atoms with Gasteiger partial charge in [0, 0.05) is 13.1 Å². The van der Waals surface area contributed by atoms with Crippen LogP contribution in [0, 0.1) is 0 Å². The summed E-state index contributed by atoms with van der Waals surface area (Å²) in [6, 6.07) is 25.9. The molecule has 0 heterocycles. The molecule has 3 rings (SSSR count). The summed E-state index contributed by atoms with van der Waals surface area (Å²) in [5, 5.41) is 3.10. The van der Waals surface area contributed by atoms with Gasteiger partial charge >= 0.3 is 0 Å². The molecule has 3 aromatic carbocycles. The zero-order valence-electron chi connectivity index (χ0n) is 18.7. The Kier molecular flexibility index (Phi) is 7.83. The number of nitrogens with zero attached hydrogens (tertiary/aromatic N) is 1. The molecule has 168 valence electrons. The second-order valence-corrected chi connectivity index (χ2v) is 9.58. The van der Waals surface area contributed by atoms with Crippen LogP contribution in [0.2, 0.25) is 0 Å². The topological polar surface area (TPSA) is 66.5 Å². The van der Waals surface area contributed by atoms with Gasteiger partial charge in [-0.05, 0) is 35.7 Å². The SMILES string of the molecule is CCN(CC)S(=O)(=O)c1ccc(C(C)NC(=O)C(c2ccccc2)c2ccccc2)cc1. The van der Waals surface area contributed by atoms with E-state index in [1.54, 1.807) is 24.3 Å². The summed E-state index contributed by atoms with van der Waals surface area (Å²) in [6.45, 7) is 6.39. The summed E-state index contributed by atoms with van der Waals surface area (Å²) in [5.41, 5.74) is 2.69. The van der Waals surface area contributed by atoms with E-state index in [0.29, 0.717) is 13.1 Å². The molecule has 0 saturated heterocycles. The Morgan fingerprint density at radius 3 is 1.69 bits per heavy atom. The fourth-order valence-corrected chi connectivity index (χ4v) is 5.27. The number of hydrogen-bond donors (Lipinski definition) is 1. The van der Waals surface area contributed by atoms with Crippen molar-refractivity contribution in [1.29, 1.82) is 0 Å². The average Bonchev–Trinajstić information content (AvgIpc) is 2.81. The summed E-state index contributed by atoms with van der Waals surface area (Å²) >= 11 is 0. The van der Waals surface area contributed by atoms with Crippen molar-refractivity contribution in [3.63, 3.8) is 0 Å². The van der Waals surface area contributed by atoms with Gasteiger partial charge in [0.25, 0.3) is 0 Å². The molecule has 1 unspecified atom stereocenters. The van der Waals surface area contributed by atoms with Crippen molar-refractivity contribution in [1.82, 2.24) is 9.62 Å². The van der Waals surface area contributed by atoms with E-state index in [9.17, 15) is 13.2 Å². The molecule has 0 fully saturated rings. The Labute approximate surface area is 191 Å². The van der Waals surface area contributed by atoms with E-state index < -0.39 is 15.9 Å². The van der Waals surface area contributed by atoms with E-state index in [2.05, 4.69) is 5.32 Å². The second-order valence-electron chi connectivity index (χ2n) is 7.64. The van der Waals surface area contributed by atoms with Gasteiger partial charge in [-0.15, -0.1) is 0 Å². The van der Waals surface area contributed by atoms with Gasteiger partial charge in [-0.3, -0.25) is 4.79 Å². The number of carbonyl (C=O) groups excluding carboxylic acids is 1. The second kappa shape index (κ2) is 10.6. The number of sulfonamides is 1. The van der Waals surface area contributed by atoms with Gasteiger partial charge in [0.05, 0.1) is 16.9 Å². The zero-order chi connectivity index (χ0) is 23.1. The molecule has 0 bridgehead atoms. The van der Waals surface area contributed by atoms with Crippen molar-refractivity contribution in [2.24, 2.45) is 0 Å². The molecular formula is C26H30N2O3S. The Morgan fingerprint density at radius 1 is 0.781 bits per heavy atom. The number of benzene rings is 3. The lowest BCUT2D eigenvalue weighted by Crippen LogP contribution is -2.32. The summed E-state index contributed by atoms with van der Waals surface area (Å²) in [5.74, 6) is -0.531. The third kappa shape index (κ3) is 5.26. The van der Waals surface area contributed by atoms with Crippen LogP contribution < -0.4 is 5.32 Å². The standard InChI is InChI=1S/C26H30N2O3S/c1-4-28(5-2)32(30,31)24-18-16-21(17-19-24)20(3)27-26(29)25(22-12-8-6-9-13-22)23-14-10-7-11-15-23/h6-20,25H,4-5H2,1-3H3,(H,27,29). The van der Waals surface area contributed by atoms with E-state index >= 15 is 0 Å². The van der Waals surface area contributed by atoms with Crippen LogP contribution in [0.5, 0.6) is 0 Å². The minimum Gasteiger partial charge on any atom is -0.349 e. The van der Waals surface area contributed by atoms with E-state index in [1.807, 2.05) is 81.4 Å². The largest absolute Gasteiger partial charge is 0.349 e. The van der Waals surface area contributed by atoms with E-state index in [1.165, 1.54) is 4.31 Å². The molecule has 3 aromatic rings. The lowest BCUT2D eigenvalue weighted by atomic mass is 9.90. The molecule has 0 saturated carbocycles. The van der Waals surface area contributed by atoms with E-state index in [4.69, 9.17) is 0 Å². The monoisotopic (exact) mass is 450 g/mol. The normalized spacial score (nSPS) is 12.7. The molecular weight excluding hydrogens is 420 g/mol. The number of carbonyl (C=O) groups is 1. The number of nitrogens with one attached hydrogen (secondary N) is 1. The van der Waals surface area contributed by atoms with Gasteiger partial charge in [-0.1, -0.05) is 86.6 Å². The van der Waals surface area contributed by atoms with E-state index in [-0.39, 0.29) is 16.8 Å². The first kappa shape index (κ1) is 23.7. The number of rotatable bonds is 9. The molecule has 0 spiro atoms. The maximum absolute atomic E-state index is 13.3. The molecule has 1 N–H and O–H groups in total. The van der Waals surface area contributed by atoms with Crippen LogP contribution in [0.15, 0.2) is 89.8 Å². The van der Waals surface area contributed by atoms with Crippen molar-refractivity contribution in [2.45, 2.75) is 37.6 Å². The maximum Gasteiger partial charge on any atom is 0.243 e. The van der Waals surface area contributed by atoms with Crippen LogP contribution in [-0.4, -0.2) is 31.7 Å². The molecule has 0 radical (unpaired) electrons. The summed E-state index contributed by atoms with van der Waals surface area (Å²) < 4.78 is 26.9. The van der Waals surface area contributed by atoms with Crippen LogP contribution in [0.1, 0.15) is 49.4 Å². The first-order valence-electron chi connectivity index (χ1n) is 10.9. The van der Waals surface area contributed by atoms with Crippen LogP contribution in [-0.2, 0) is 14.8 Å². The highest BCUT2D eigenvalue weighted by molar-refractivity contribution is 7.89. The Bertz CT molecular complexity index is 1070. The van der Waals surface area contributed by atoms with E-state index in [0.717, 1.165) is 16.7 Å². The lowest BCUT2D eigenvalue weighted by Gasteiger charge is -2.22. The quantitative estimate of drug-likeness (QED) is 0.513. The van der Waals surface area contributed by atoms with Crippen LogP contribution in [0.3, 0.4) is 0 Å². The van der Waals surface area contributed by atoms with Crippen molar-refractivity contribution >= 4 is 15.9 Å². The predicted molar refractivity (Wildman–Crippen MR) is 128 cm³/mol. The highest BCUT2D eigenvalue weighted by atomic mass is 32.2. The number of amides is 1. The van der Waals surface area contributed by atoms with Crippen LogP contribution in [0.25, 0.3) is 0 Å². The van der Waals surface area contributed by atoms with Gasteiger partial charge in [0.1, 0.15) is 0 Å². The molecule has 6 heteroatoms. The molecule has 1 amide bonds. The highest BCUT2D eigenvalue weighted by Crippen LogP contribution is 2.26. The third-order valence-corrected chi connectivity index (χ3v) is 7.67. The fraction of sp³-hybridized carbons (Fsp3) is 0.269. The third-order valence-electron chi connectivity index (χ3n) is 5.61. The Hall–Kier alpha value is -2.96. The molecule has 0 aliphatic rings. The molecule has 1 atom stereocenters. The van der Waals surface area contributed by atoms with Crippen molar-refractivity contribution in [2.75, 3.05) is 13.1 Å². The predicted octanol–water partition coefficient (Wildman–Crippen LogP) is 4.73. The molecule has 0 aliphatic heterocycles. The molecule has 0 aromatic heterocycles. The first-order chi connectivity index (χ1) is 15.4. The van der Waals surface area contributed by atoms with Crippen LogP contribution >= 0.6 is 0 Å². The molecule has 0 aliphatic carbocycles. The Balaban J connectivity index is 1.81. The zero-order valence-corrected chi connectivity index (χ0v) is 19.5. The van der Waals surface area contributed by atoms with Gasteiger partial charge in [-0.2, -0.15) is 4.31 Å². The fourth-order valence-electron chi connectivity index (χ4n) is 3.81. The first-order valence-corrected chi connectivity index (χ1v) is 12.3. The summed E-state index contributed by atoms with van der Waals surface area (Å²) in [4.78, 5) is 13.6. The smallest absolute Gasteiger partial charge is 0.243 e. The lowest BCUT2D eigenvalue weighted by molar-refractivity contribution is -0.122. The average molecular weight is 451 g/mol. The Morgan fingerprint density at radius 2 is 1.25 bits per heavy atom. The van der Waals surface area contributed by atoms with Crippen molar-refractivity contribution < 1.29 is 13.2 Å². The summed E-state index contributed by atoms with van der Waals surface area (Å²) in [7, 11) is -3.51. The maximum atomic E-state index is 13.3. The number of hydrogen-bond acceptors (Lipinski definition) is 3. The summed E-state index contributed by atoms with van der Waals surface area (Å²) in [6.07, 6.45) is 0. The van der Waals surface area contributed by atoms with Gasteiger partial charge in [0.15, 0.2) is 0 Å². The highest BCUT2D eigenvalue weighted by Gasteiger charge is 2.25. The van der Waals surface area contributed by atoms with Crippen molar-refractivity contribution in [3.05, 3.63) is 102 Å². The van der Waals surface area contributed by atoms with Crippen molar-refractivity contribution in [3.8, 4) is 0 Å². The van der Waals surface area contributed by atoms with Gasteiger partial charge in [0.2, 0.25) is 15.9 Å². The molecule has 5 nitrogen and oxygen atoms in total. The minimum atomic E-state index is -3.51. The van der Waals surface area contributed by atoms with Crippen LogP contribution in [0.4, 0.5) is 0 Å². The minimum absolute atomic E-state index is 0.102.